The van der Waals surface area contributed by atoms with Crippen LogP contribution in [0, 0.1) is 0 Å². The average molecular weight is 385 g/mol. The van der Waals surface area contributed by atoms with Crippen LogP contribution in [-0.4, -0.2) is 6.36 Å². The Morgan fingerprint density at radius 2 is 1.59 bits per heavy atom. The molecule has 0 saturated carbocycles. The predicted molar refractivity (Wildman–Crippen MR) is 102 cm³/mol. The largest absolute Gasteiger partial charge is 0.573 e. The molecule has 0 spiro atoms. The zero-order valence-electron chi connectivity index (χ0n) is 14.0. The number of nitrogens with one attached hydrogen (secondary N) is 1. The van der Waals surface area contributed by atoms with Gasteiger partial charge >= 0.3 is 6.36 Å². The van der Waals surface area contributed by atoms with Crippen LogP contribution in [0.5, 0.6) is 5.75 Å². The van der Waals surface area contributed by atoms with Crippen molar-refractivity contribution in [2.75, 3.05) is 5.32 Å². The van der Waals surface area contributed by atoms with E-state index in [1.54, 1.807) is 17.8 Å². The number of para-hydroxylation sites is 1. The van der Waals surface area contributed by atoms with Crippen molar-refractivity contribution in [3.8, 4) is 5.75 Å². The molecule has 0 saturated heterocycles. The van der Waals surface area contributed by atoms with Crippen LogP contribution in [0.15, 0.2) is 83.1 Å². The van der Waals surface area contributed by atoms with Gasteiger partial charge in [0, 0.05) is 9.79 Å². The summed E-state index contributed by atoms with van der Waals surface area (Å²) < 4.78 is 41.4. The number of halogens is 3. The van der Waals surface area contributed by atoms with Crippen molar-refractivity contribution in [2.24, 2.45) is 0 Å². The molecule has 0 radical (unpaired) electrons. The predicted octanol–water partition coefficient (Wildman–Crippen LogP) is 6.85. The Balaban J connectivity index is 1.62. The first-order chi connectivity index (χ1) is 12.9. The summed E-state index contributed by atoms with van der Waals surface area (Å²) in [5.74, 6) is -0.262. The smallest absolute Gasteiger partial charge is 0.406 e. The van der Waals surface area contributed by atoms with Crippen molar-refractivity contribution in [1.82, 2.24) is 0 Å². The molecule has 4 rings (SSSR count). The van der Waals surface area contributed by atoms with E-state index in [1.807, 2.05) is 36.4 Å². The Bertz CT molecular complexity index is 1030. The molecule has 3 aromatic rings. The average Bonchev–Trinajstić information content (AvgIpc) is 2.64. The highest BCUT2D eigenvalue weighted by Crippen LogP contribution is 2.45. The monoisotopic (exact) mass is 385 g/mol. The molecule has 2 nitrogen and oxygen atoms in total. The van der Waals surface area contributed by atoms with Crippen molar-refractivity contribution in [3.63, 3.8) is 0 Å². The third-order valence-corrected chi connectivity index (χ3v) is 5.27. The first-order valence-corrected chi connectivity index (χ1v) is 8.94. The van der Waals surface area contributed by atoms with Gasteiger partial charge in [0.05, 0.1) is 11.4 Å². The molecule has 1 aliphatic rings. The fourth-order valence-corrected chi connectivity index (χ4v) is 3.84. The van der Waals surface area contributed by atoms with E-state index in [0.29, 0.717) is 11.1 Å². The third kappa shape index (κ3) is 3.80. The van der Waals surface area contributed by atoms with Crippen molar-refractivity contribution in [2.45, 2.75) is 16.2 Å². The maximum Gasteiger partial charge on any atom is 0.573 e. The molecule has 0 amide bonds. The zero-order chi connectivity index (χ0) is 19.0. The first-order valence-electron chi connectivity index (χ1n) is 8.12. The van der Waals surface area contributed by atoms with Gasteiger partial charge in [-0.05, 0) is 53.1 Å². The van der Waals surface area contributed by atoms with Gasteiger partial charge in [-0.1, -0.05) is 48.7 Å². The van der Waals surface area contributed by atoms with E-state index in [4.69, 9.17) is 0 Å². The SMILES string of the molecule is C=C(c1cccc(OC(F)(F)F)c1)c1ccc2c(c1)Nc1ccccc1S2. The molecule has 1 N–H and O–H groups in total. The fourth-order valence-electron chi connectivity index (χ4n) is 2.87. The molecule has 1 heterocycles. The summed E-state index contributed by atoms with van der Waals surface area (Å²) in [7, 11) is 0. The standard InChI is InChI=1S/C21H14F3NOS/c1-13(14-5-4-6-16(11-14)26-21(22,23)24)15-9-10-20-18(12-15)25-17-7-2-3-8-19(17)27-20/h2-12,25H,1H2. The van der Waals surface area contributed by atoms with Crippen LogP contribution in [0.1, 0.15) is 11.1 Å². The lowest BCUT2D eigenvalue weighted by Crippen LogP contribution is -2.17. The number of rotatable bonds is 3. The highest BCUT2D eigenvalue weighted by molar-refractivity contribution is 7.99. The Labute approximate surface area is 158 Å². The summed E-state index contributed by atoms with van der Waals surface area (Å²) >= 11 is 1.67. The van der Waals surface area contributed by atoms with Gasteiger partial charge in [-0.15, -0.1) is 13.2 Å². The van der Waals surface area contributed by atoms with Gasteiger partial charge in [-0.25, -0.2) is 0 Å². The Hall–Kier alpha value is -2.86. The van der Waals surface area contributed by atoms with Crippen LogP contribution < -0.4 is 10.1 Å². The third-order valence-electron chi connectivity index (χ3n) is 4.12. The van der Waals surface area contributed by atoms with Crippen LogP contribution in [-0.2, 0) is 0 Å². The maximum absolute atomic E-state index is 12.5. The zero-order valence-corrected chi connectivity index (χ0v) is 14.8. The molecule has 0 aromatic heterocycles. The van der Waals surface area contributed by atoms with Crippen LogP contribution in [0.4, 0.5) is 24.5 Å². The van der Waals surface area contributed by atoms with Gasteiger partial charge in [-0.3, -0.25) is 0 Å². The number of hydrogen-bond donors (Lipinski definition) is 1. The summed E-state index contributed by atoms with van der Waals surface area (Å²) in [6.45, 7) is 4.05. The normalized spacial score (nSPS) is 12.6. The van der Waals surface area contributed by atoms with Crippen LogP contribution in [0.25, 0.3) is 5.57 Å². The van der Waals surface area contributed by atoms with Crippen molar-refractivity contribution < 1.29 is 17.9 Å². The fraction of sp³-hybridized carbons (Fsp3) is 0.0476. The van der Waals surface area contributed by atoms with Crippen LogP contribution in [0.3, 0.4) is 0 Å². The number of ether oxygens (including phenoxy) is 1. The Morgan fingerprint density at radius 3 is 2.41 bits per heavy atom. The lowest BCUT2D eigenvalue weighted by molar-refractivity contribution is -0.274. The van der Waals surface area contributed by atoms with Gasteiger partial charge in [0.1, 0.15) is 5.75 Å². The molecular weight excluding hydrogens is 371 g/mol. The van der Waals surface area contributed by atoms with Gasteiger partial charge < -0.3 is 10.1 Å². The number of anilines is 2. The van der Waals surface area contributed by atoms with E-state index in [-0.39, 0.29) is 5.75 Å². The van der Waals surface area contributed by atoms with Gasteiger partial charge in [-0.2, -0.15) is 0 Å². The highest BCUT2D eigenvalue weighted by Gasteiger charge is 2.31. The Morgan fingerprint density at radius 1 is 0.852 bits per heavy atom. The van der Waals surface area contributed by atoms with Crippen molar-refractivity contribution in [1.29, 1.82) is 0 Å². The molecule has 1 aliphatic heterocycles. The molecule has 0 unspecified atom stereocenters. The van der Waals surface area contributed by atoms with E-state index in [0.717, 1.165) is 26.7 Å². The lowest BCUT2D eigenvalue weighted by Gasteiger charge is -2.21. The summed E-state index contributed by atoms with van der Waals surface area (Å²) in [4.78, 5) is 2.23. The highest BCUT2D eigenvalue weighted by atomic mass is 32.2. The van der Waals surface area contributed by atoms with E-state index >= 15 is 0 Å². The topological polar surface area (TPSA) is 21.3 Å². The van der Waals surface area contributed by atoms with Crippen molar-refractivity contribution in [3.05, 3.63) is 84.4 Å². The molecule has 136 valence electrons. The van der Waals surface area contributed by atoms with E-state index < -0.39 is 6.36 Å². The second-order valence-electron chi connectivity index (χ2n) is 5.99. The summed E-state index contributed by atoms with van der Waals surface area (Å²) in [6.07, 6.45) is -4.72. The minimum Gasteiger partial charge on any atom is -0.406 e. The quantitative estimate of drug-likeness (QED) is 0.416. The molecule has 0 fully saturated rings. The second kappa shape index (κ2) is 6.70. The van der Waals surface area contributed by atoms with Gasteiger partial charge in [0.25, 0.3) is 0 Å². The minimum atomic E-state index is -4.72. The maximum atomic E-state index is 12.5. The van der Waals surface area contributed by atoms with Gasteiger partial charge in [0.15, 0.2) is 0 Å². The first kappa shape index (κ1) is 17.5. The van der Waals surface area contributed by atoms with E-state index in [1.165, 1.54) is 18.2 Å². The van der Waals surface area contributed by atoms with E-state index in [2.05, 4.69) is 22.7 Å². The molecule has 0 aliphatic carbocycles. The molecule has 3 aromatic carbocycles. The molecular formula is C21H14F3NOS. The van der Waals surface area contributed by atoms with E-state index in [9.17, 15) is 13.2 Å². The van der Waals surface area contributed by atoms with Gasteiger partial charge in [0.2, 0.25) is 0 Å². The van der Waals surface area contributed by atoms with Crippen molar-refractivity contribution >= 4 is 28.7 Å². The lowest BCUT2D eigenvalue weighted by atomic mass is 9.99. The minimum absolute atomic E-state index is 0.262. The summed E-state index contributed by atoms with van der Waals surface area (Å²) in [5, 5.41) is 3.39. The molecule has 0 atom stereocenters. The molecule has 27 heavy (non-hydrogen) atoms. The van der Waals surface area contributed by atoms with Crippen LogP contribution >= 0.6 is 11.8 Å². The summed E-state index contributed by atoms with van der Waals surface area (Å²) in [6, 6.07) is 19.7. The number of fused-ring (bicyclic) bond motifs is 2. The number of hydrogen-bond acceptors (Lipinski definition) is 3. The molecule has 6 heteroatoms. The molecule has 0 bridgehead atoms. The number of alkyl halides is 3. The van der Waals surface area contributed by atoms with Crippen LogP contribution in [0.2, 0.25) is 0 Å². The number of benzene rings is 3. The Kier molecular flexibility index (Phi) is 4.36. The summed E-state index contributed by atoms with van der Waals surface area (Å²) in [5.41, 5.74) is 3.99. The second-order valence-corrected chi connectivity index (χ2v) is 7.07.